The van der Waals surface area contributed by atoms with E-state index in [-0.39, 0.29) is 12.1 Å². The summed E-state index contributed by atoms with van der Waals surface area (Å²) in [6, 6.07) is 9.14. The molecular formula is C27H36N4O3S. The van der Waals surface area contributed by atoms with Crippen molar-refractivity contribution < 1.29 is 14.3 Å². The molecule has 2 aromatic heterocycles. The molecule has 3 aromatic rings. The van der Waals surface area contributed by atoms with Crippen LogP contribution in [-0.4, -0.2) is 43.3 Å². The second-order valence-corrected chi connectivity index (χ2v) is 10.6. The Hall–Kier alpha value is -2.97. The van der Waals surface area contributed by atoms with E-state index in [1.807, 2.05) is 23.5 Å². The summed E-state index contributed by atoms with van der Waals surface area (Å²) in [4.78, 5) is 17.0. The van der Waals surface area contributed by atoms with Crippen LogP contribution in [0.2, 0.25) is 0 Å². The third-order valence-corrected chi connectivity index (χ3v) is 7.65. The van der Waals surface area contributed by atoms with Crippen LogP contribution in [0.4, 0.5) is 10.5 Å². The van der Waals surface area contributed by atoms with Gasteiger partial charge in [0.05, 0.1) is 20.3 Å². The van der Waals surface area contributed by atoms with Gasteiger partial charge in [-0.1, -0.05) is 13.8 Å². The third kappa shape index (κ3) is 6.00. The van der Waals surface area contributed by atoms with Gasteiger partial charge in [0, 0.05) is 59.8 Å². The zero-order valence-corrected chi connectivity index (χ0v) is 22.1. The molecule has 0 bridgehead atoms. The highest BCUT2D eigenvalue weighted by Gasteiger charge is 2.29. The topological polar surface area (TPSA) is 67.8 Å². The molecule has 7 nitrogen and oxygen atoms in total. The molecule has 1 aromatic carbocycles. The number of likely N-dealkylation sites (N-methyl/N-ethyl adjacent to an activating group) is 1. The van der Waals surface area contributed by atoms with Crippen molar-refractivity contribution in [2.24, 2.45) is 5.92 Å². The van der Waals surface area contributed by atoms with Crippen LogP contribution in [-0.2, 0) is 13.0 Å². The number of hydrogen-bond acceptors (Lipinski definition) is 5. The summed E-state index contributed by atoms with van der Waals surface area (Å²) in [5.41, 5.74) is 3.28. The van der Waals surface area contributed by atoms with Gasteiger partial charge in [0.25, 0.3) is 0 Å². The Labute approximate surface area is 212 Å². The van der Waals surface area contributed by atoms with E-state index in [4.69, 9.17) is 9.47 Å². The number of urea groups is 1. The van der Waals surface area contributed by atoms with Crippen LogP contribution in [0.25, 0.3) is 5.00 Å². The van der Waals surface area contributed by atoms with Crippen molar-refractivity contribution in [3.05, 3.63) is 58.7 Å². The molecule has 3 heterocycles. The molecule has 0 fully saturated rings. The number of amides is 2. The van der Waals surface area contributed by atoms with Gasteiger partial charge in [0.15, 0.2) is 0 Å². The van der Waals surface area contributed by atoms with Crippen molar-refractivity contribution >= 4 is 23.1 Å². The van der Waals surface area contributed by atoms with Gasteiger partial charge in [-0.25, -0.2) is 4.79 Å². The standard InChI is InChI=1S/C27H36N4O3S/c1-18(2)8-9-23(29-27(32)28-19-14-20(33-4)16-21(15-19)34-5)25-22-10-13-30(3)17-24(22)35-26(25)31-11-6-7-12-31/h6-7,11-12,14-16,18,23H,8-10,13,17H2,1-5H3,(H2,28,29,32)/t23-/m1/s1. The van der Waals surface area contributed by atoms with Crippen molar-refractivity contribution in [1.82, 2.24) is 14.8 Å². The molecule has 0 radical (unpaired) electrons. The van der Waals surface area contributed by atoms with Crippen LogP contribution in [0.3, 0.4) is 0 Å². The van der Waals surface area contributed by atoms with Gasteiger partial charge < -0.3 is 29.6 Å². The number of nitrogens with zero attached hydrogens (tertiary/aromatic N) is 2. The molecule has 2 N–H and O–H groups in total. The van der Waals surface area contributed by atoms with Crippen molar-refractivity contribution in [2.45, 2.75) is 45.7 Å². The molecule has 1 aliphatic heterocycles. The summed E-state index contributed by atoms with van der Waals surface area (Å²) in [5, 5.41) is 7.50. The maximum Gasteiger partial charge on any atom is 0.319 e. The van der Waals surface area contributed by atoms with Gasteiger partial charge in [0.2, 0.25) is 0 Å². The maximum atomic E-state index is 13.3. The molecule has 0 saturated heterocycles. The van der Waals surface area contributed by atoms with E-state index in [1.54, 1.807) is 32.4 Å². The number of nitrogens with one attached hydrogen (secondary N) is 2. The van der Waals surface area contributed by atoms with Gasteiger partial charge >= 0.3 is 6.03 Å². The first-order valence-corrected chi connectivity index (χ1v) is 13.0. The highest BCUT2D eigenvalue weighted by atomic mass is 32.1. The van der Waals surface area contributed by atoms with Crippen LogP contribution in [0.15, 0.2) is 42.7 Å². The monoisotopic (exact) mass is 496 g/mol. The smallest absolute Gasteiger partial charge is 0.319 e. The summed E-state index contributed by atoms with van der Waals surface area (Å²) >= 11 is 1.84. The lowest BCUT2D eigenvalue weighted by molar-refractivity contribution is 0.247. The van der Waals surface area contributed by atoms with Crippen LogP contribution in [0, 0.1) is 5.92 Å². The number of benzene rings is 1. The summed E-state index contributed by atoms with van der Waals surface area (Å²) in [5.74, 6) is 1.80. The van der Waals surface area contributed by atoms with Crippen LogP contribution >= 0.6 is 11.3 Å². The minimum atomic E-state index is -0.236. The number of aromatic nitrogens is 1. The SMILES string of the molecule is COc1cc(NC(=O)N[C@H](CCC(C)C)c2c(-n3cccc3)sc3c2CCN(C)C3)cc(OC)c1. The summed E-state index contributed by atoms with van der Waals surface area (Å²) in [6.45, 7) is 6.42. The molecule has 4 rings (SSSR count). The minimum absolute atomic E-state index is 0.0919. The lowest BCUT2D eigenvalue weighted by atomic mass is 9.92. The van der Waals surface area contributed by atoms with Crippen LogP contribution < -0.4 is 20.1 Å². The van der Waals surface area contributed by atoms with Crippen molar-refractivity contribution in [3.8, 4) is 16.5 Å². The highest BCUT2D eigenvalue weighted by molar-refractivity contribution is 7.15. The van der Waals surface area contributed by atoms with E-state index in [0.717, 1.165) is 32.4 Å². The fourth-order valence-corrected chi connectivity index (χ4v) is 6.01. The zero-order valence-electron chi connectivity index (χ0n) is 21.3. The van der Waals surface area contributed by atoms with E-state index in [9.17, 15) is 4.79 Å². The van der Waals surface area contributed by atoms with Gasteiger partial charge in [-0.15, -0.1) is 11.3 Å². The highest BCUT2D eigenvalue weighted by Crippen LogP contribution is 2.41. The van der Waals surface area contributed by atoms with Crippen molar-refractivity contribution in [2.75, 3.05) is 33.1 Å². The number of anilines is 1. The first-order chi connectivity index (χ1) is 16.9. The predicted octanol–water partition coefficient (Wildman–Crippen LogP) is 5.84. The van der Waals surface area contributed by atoms with E-state index < -0.39 is 0 Å². The first-order valence-electron chi connectivity index (χ1n) is 12.1. The number of carbonyl (C=O) groups is 1. The molecule has 0 spiro atoms. The van der Waals surface area contributed by atoms with Crippen LogP contribution in [0.1, 0.15) is 48.7 Å². The Morgan fingerprint density at radius 2 is 1.77 bits per heavy atom. The quantitative estimate of drug-likeness (QED) is 0.390. The Bertz CT molecular complexity index is 1120. The lowest BCUT2D eigenvalue weighted by Gasteiger charge is -2.26. The van der Waals surface area contributed by atoms with E-state index in [1.165, 1.54) is 21.0 Å². The Morgan fingerprint density at radius 1 is 1.09 bits per heavy atom. The number of hydrogen-bond donors (Lipinski definition) is 2. The molecule has 0 aliphatic carbocycles. The number of fused-ring (bicyclic) bond motifs is 1. The second kappa shape index (κ2) is 11.2. The van der Waals surface area contributed by atoms with E-state index in [0.29, 0.717) is 23.1 Å². The van der Waals surface area contributed by atoms with Gasteiger partial charge in [-0.3, -0.25) is 0 Å². The number of carbonyl (C=O) groups excluding carboxylic acids is 1. The molecule has 0 saturated carbocycles. The van der Waals surface area contributed by atoms with Crippen molar-refractivity contribution in [3.63, 3.8) is 0 Å². The predicted molar refractivity (Wildman–Crippen MR) is 142 cm³/mol. The van der Waals surface area contributed by atoms with Crippen LogP contribution in [0.5, 0.6) is 11.5 Å². The average molecular weight is 497 g/mol. The summed E-state index contributed by atoms with van der Waals surface area (Å²) < 4.78 is 12.9. The number of rotatable bonds is 9. The molecular weight excluding hydrogens is 460 g/mol. The Morgan fingerprint density at radius 3 is 2.40 bits per heavy atom. The largest absolute Gasteiger partial charge is 0.497 e. The molecule has 2 amide bonds. The molecule has 1 atom stereocenters. The number of methoxy groups -OCH3 is 2. The minimum Gasteiger partial charge on any atom is -0.497 e. The average Bonchev–Trinajstić information content (AvgIpc) is 3.49. The van der Waals surface area contributed by atoms with Gasteiger partial charge in [0.1, 0.15) is 16.5 Å². The number of thiophene rings is 1. The number of ether oxygens (including phenoxy) is 2. The van der Waals surface area contributed by atoms with Gasteiger partial charge in [-0.2, -0.15) is 0 Å². The molecule has 1 aliphatic rings. The third-order valence-electron chi connectivity index (χ3n) is 6.40. The summed E-state index contributed by atoms with van der Waals surface area (Å²) in [7, 11) is 5.36. The lowest BCUT2D eigenvalue weighted by Crippen LogP contribution is -2.34. The molecule has 35 heavy (non-hydrogen) atoms. The van der Waals surface area contributed by atoms with E-state index >= 15 is 0 Å². The zero-order chi connectivity index (χ0) is 24.9. The first kappa shape index (κ1) is 25.1. The fourth-order valence-electron chi connectivity index (χ4n) is 4.56. The molecule has 188 valence electrons. The Kier molecular flexibility index (Phi) is 8.03. The van der Waals surface area contributed by atoms with Crippen molar-refractivity contribution in [1.29, 1.82) is 0 Å². The molecule has 0 unspecified atom stereocenters. The maximum absolute atomic E-state index is 13.3. The Balaban J connectivity index is 1.66. The summed E-state index contributed by atoms with van der Waals surface area (Å²) in [6.07, 6.45) is 7.07. The van der Waals surface area contributed by atoms with E-state index in [2.05, 4.69) is 53.4 Å². The fraction of sp³-hybridized carbons (Fsp3) is 0.444. The second-order valence-electron chi connectivity index (χ2n) is 9.52. The van der Waals surface area contributed by atoms with Gasteiger partial charge in [-0.05, 0) is 49.9 Å². The molecule has 8 heteroatoms. The normalized spacial score (nSPS) is 14.5.